The molecule has 4 aromatic rings. The molecule has 0 spiro atoms. The van der Waals surface area contributed by atoms with Crippen molar-refractivity contribution < 1.29 is 13.9 Å². The van der Waals surface area contributed by atoms with E-state index >= 15 is 0 Å². The highest BCUT2D eigenvalue weighted by Gasteiger charge is 2.35. The number of para-hydroxylation sites is 2. The Labute approximate surface area is 198 Å². The summed E-state index contributed by atoms with van der Waals surface area (Å²) in [4.78, 5) is 15.3. The van der Waals surface area contributed by atoms with E-state index in [1.54, 1.807) is 22.9 Å². The lowest BCUT2D eigenvalue weighted by atomic mass is 10.1. The number of amides is 1. The fourth-order valence-electron chi connectivity index (χ4n) is 4.07. The number of ether oxygens (including phenoxy) is 1. The molecule has 0 unspecified atom stereocenters. The van der Waals surface area contributed by atoms with Crippen LogP contribution in [0.5, 0.6) is 11.6 Å². The van der Waals surface area contributed by atoms with Crippen LogP contribution in [0.2, 0.25) is 0 Å². The summed E-state index contributed by atoms with van der Waals surface area (Å²) < 4.78 is 22.5. The summed E-state index contributed by atoms with van der Waals surface area (Å²) in [6.45, 7) is 2.37. The second kappa shape index (κ2) is 9.51. The highest BCUT2D eigenvalue weighted by Crippen LogP contribution is 2.36. The second-order valence-electron chi connectivity index (χ2n) is 8.39. The molecule has 172 valence electrons. The molecule has 0 radical (unpaired) electrons. The number of hydrogen-bond acceptors (Lipinski definition) is 3. The van der Waals surface area contributed by atoms with Crippen molar-refractivity contribution in [3.8, 4) is 17.3 Å². The van der Waals surface area contributed by atoms with Crippen LogP contribution in [0.1, 0.15) is 41.4 Å². The maximum Gasteiger partial charge on any atom is 0.254 e. The lowest BCUT2D eigenvalue weighted by Gasteiger charge is -2.23. The van der Waals surface area contributed by atoms with Crippen LogP contribution in [0.25, 0.3) is 5.69 Å². The van der Waals surface area contributed by atoms with E-state index in [9.17, 15) is 9.18 Å². The first-order valence-corrected chi connectivity index (χ1v) is 11.6. The molecule has 5 rings (SSSR count). The van der Waals surface area contributed by atoms with E-state index in [1.165, 1.54) is 6.07 Å². The molecular weight excluding hydrogens is 429 g/mol. The number of halogens is 1. The number of benzene rings is 3. The van der Waals surface area contributed by atoms with E-state index in [1.807, 2.05) is 72.5 Å². The quantitative estimate of drug-likeness (QED) is 0.319. The monoisotopic (exact) mass is 455 g/mol. The van der Waals surface area contributed by atoms with E-state index in [4.69, 9.17) is 9.84 Å². The van der Waals surface area contributed by atoms with Gasteiger partial charge in [-0.3, -0.25) is 4.79 Å². The summed E-state index contributed by atoms with van der Waals surface area (Å²) in [5.74, 6) is 0.0803. The summed E-state index contributed by atoms with van der Waals surface area (Å²) in [7, 11) is 0. The van der Waals surface area contributed by atoms with Gasteiger partial charge in [0.25, 0.3) is 5.91 Å². The molecular formula is C28H26FN3O2. The molecule has 0 saturated heterocycles. The molecule has 1 aliphatic rings. The topological polar surface area (TPSA) is 47.4 Å². The Bertz CT molecular complexity index is 1280. The summed E-state index contributed by atoms with van der Waals surface area (Å²) in [6.07, 6.45) is 2.59. The van der Waals surface area contributed by atoms with Gasteiger partial charge in [0.2, 0.25) is 5.88 Å². The van der Waals surface area contributed by atoms with Crippen LogP contribution in [0.15, 0.2) is 84.9 Å². The number of carbonyl (C=O) groups is 1. The van der Waals surface area contributed by atoms with E-state index in [2.05, 4.69) is 0 Å². The van der Waals surface area contributed by atoms with Gasteiger partial charge >= 0.3 is 0 Å². The van der Waals surface area contributed by atoms with E-state index in [-0.39, 0.29) is 17.7 Å². The van der Waals surface area contributed by atoms with Gasteiger partial charge in [-0.05, 0) is 55.7 Å². The highest BCUT2D eigenvalue weighted by atomic mass is 19.1. The Kier molecular flexibility index (Phi) is 6.12. The normalized spacial score (nSPS) is 13.0. The van der Waals surface area contributed by atoms with Crippen LogP contribution in [0.4, 0.5) is 4.39 Å². The molecule has 34 heavy (non-hydrogen) atoms. The largest absolute Gasteiger partial charge is 0.435 e. The average Bonchev–Trinajstić information content (AvgIpc) is 3.67. The smallest absolute Gasteiger partial charge is 0.254 e. The summed E-state index contributed by atoms with van der Waals surface area (Å²) in [6, 6.07) is 25.5. The van der Waals surface area contributed by atoms with Crippen molar-refractivity contribution >= 4 is 5.91 Å². The zero-order valence-electron chi connectivity index (χ0n) is 19.0. The van der Waals surface area contributed by atoms with Crippen molar-refractivity contribution in [1.29, 1.82) is 0 Å². The number of hydrogen-bond donors (Lipinski definition) is 0. The van der Waals surface area contributed by atoms with Gasteiger partial charge in [0.15, 0.2) is 11.6 Å². The molecule has 1 saturated carbocycles. The van der Waals surface area contributed by atoms with E-state index in [0.29, 0.717) is 24.4 Å². The summed E-state index contributed by atoms with van der Waals surface area (Å²) in [5, 5.41) is 4.82. The summed E-state index contributed by atoms with van der Waals surface area (Å²) in [5.41, 5.74) is 3.08. The molecule has 0 atom stereocenters. The first-order valence-electron chi connectivity index (χ1n) is 11.6. The fraction of sp³-hybridized carbons (Fsp3) is 0.214. The molecule has 5 nitrogen and oxygen atoms in total. The Morgan fingerprint density at radius 2 is 1.65 bits per heavy atom. The van der Waals surface area contributed by atoms with Gasteiger partial charge in [-0.2, -0.15) is 5.10 Å². The van der Waals surface area contributed by atoms with Crippen LogP contribution in [-0.4, -0.2) is 26.6 Å². The van der Waals surface area contributed by atoms with Gasteiger partial charge in [0, 0.05) is 11.6 Å². The Hall–Kier alpha value is -3.93. The fourth-order valence-corrected chi connectivity index (χ4v) is 4.07. The minimum absolute atomic E-state index is 0.0190. The van der Waals surface area contributed by atoms with Crippen molar-refractivity contribution in [3.05, 3.63) is 108 Å². The predicted octanol–water partition coefficient (Wildman–Crippen LogP) is 6.17. The summed E-state index contributed by atoms with van der Waals surface area (Å²) >= 11 is 0. The van der Waals surface area contributed by atoms with Crippen molar-refractivity contribution in [1.82, 2.24) is 14.7 Å². The van der Waals surface area contributed by atoms with Crippen LogP contribution in [0, 0.1) is 5.82 Å². The molecule has 1 aliphatic carbocycles. The van der Waals surface area contributed by atoms with Crippen molar-refractivity contribution in [2.75, 3.05) is 0 Å². The number of carbonyl (C=O) groups excluding carboxylic acids is 1. The predicted molar refractivity (Wildman–Crippen MR) is 129 cm³/mol. The number of nitrogens with zero attached hydrogens (tertiary/aromatic N) is 3. The van der Waals surface area contributed by atoms with Gasteiger partial charge < -0.3 is 9.64 Å². The average molecular weight is 456 g/mol. The zero-order valence-corrected chi connectivity index (χ0v) is 19.0. The van der Waals surface area contributed by atoms with Crippen molar-refractivity contribution in [3.63, 3.8) is 0 Å². The molecule has 1 fully saturated rings. The van der Waals surface area contributed by atoms with E-state index in [0.717, 1.165) is 29.8 Å². The van der Waals surface area contributed by atoms with Gasteiger partial charge in [0.1, 0.15) is 0 Å². The molecule has 0 bridgehead atoms. The first kappa shape index (κ1) is 21.9. The molecule has 3 aromatic carbocycles. The van der Waals surface area contributed by atoms with Crippen molar-refractivity contribution in [2.24, 2.45) is 0 Å². The lowest BCUT2D eigenvalue weighted by Crippen LogP contribution is -2.33. The molecule has 1 heterocycles. The molecule has 1 aromatic heterocycles. The van der Waals surface area contributed by atoms with Crippen molar-refractivity contribution in [2.45, 2.75) is 38.8 Å². The van der Waals surface area contributed by atoms with E-state index < -0.39 is 5.82 Å². The Morgan fingerprint density at radius 3 is 2.29 bits per heavy atom. The van der Waals surface area contributed by atoms with Crippen LogP contribution >= 0.6 is 0 Å². The number of rotatable bonds is 8. The lowest BCUT2D eigenvalue weighted by molar-refractivity contribution is 0.0728. The molecule has 0 aliphatic heterocycles. The second-order valence-corrected chi connectivity index (χ2v) is 8.39. The van der Waals surface area contributed by atoms with Crippen LogP contribution < -0.4 is 4.74 Å². The SMILES string of the molecule is CCc1nn(-c2ccccc2)c(Oc2ccccc2F)c1CN(C(=O)c1ccccc1)C1CC1. The van der Waals surface area contributed by atoms with Gasteiger partial charge in [-0.25, -0.2) is 9.07 Å². The maximum atomic E-state index is 14.6. The maximum absolute atomic E-state index is 14.6. The third-order valence-electron chi connectivity index (χ3n) is 6.00. The molecule has 1 amide bonds. The van der Waals surface area contributed by atoms with Crippen LogP contribution in [0.3, 0.4) is 0 Å². The Balaban J connectivity index is 1.59. The number of aryl methyl sites for hydroxylation is 1. The molecule has 6 heteroatoms. The first-order chi connectivity index (χ1) is 16.7. The standard InChI is InChI=1S/C28H26FN3O2/c1-2-25-23(19-31(21-17-18-21)27(33)20-11-5-3-6-12-20)28(34-26-16-10-9-15-24(26)29)32(30-25)22-13-7-4-8-14-22/h3-16,21H,2,17-19H2,1H3. The van der Waals surface area contributed by atoms with Crippen LogP contribution in [-0.2, 0) is 13.0 Å². The Morgan fingerprint density at radius 1 is 1.00 bits per heavy atom. The highest BCUT2D eigenvalue weighted by molar-refractivity contribution is 5.94. The number of aromatic nitrogens is 2. The molecule has 0 N–H and O–H groups in total. The van der Waals surface area contributed by atoms with Gasteiger partial charge in [-0.1, -0.05) is 55.5 Å². The van der Waals surface area contributed by atoms with Gasteiger partial charge in [0.05, 0.1) is 23.5 Å². The minimum Gasteiger partial charge on any atom is -0.435 e. The van der Waals surface area contributed by atoms with Gasteiger partial charge in [-0.15, -0.1) is 0 Å². The third kappa shape index (κ3) is 4.44. The zero-order chi connectivity index (χ0) is 23.5. The third-order valence-corrected chi connectivity index (χ3v) is 6.00. The minimum atomic E-state index is -0.452.